The molecule has 2 aliphatic rings. The van der Waals surface area contributed by atoms with E-state index in [9.17, 15) is 4.79 Å². The van der Waals surface area contributed by atoms with Crippen LogP contribution < -0.4 is 5.32 Å². The largest absolute Gasteiger partial charge is 0.376 e. The molecular formula is C14H25NO2. The summed E-state index contributed by atoms with van der Waals surface area (Å²) in [6.07, 6.45) is 11.1. The van der Waals surface area contributed by atoms with Crippen LogP contribution >= 0.6 is 0 Å². The number of nitrogens with one attached hydrogen (secondary N) is 1. The average molecular weight is 239 g/mol. The Hall–Kier alpha value is -0.570. The molecule has 1 aliphatic carbocycles. The summed E-state index contributed by atoms with van der Waals surface area (Å²) >= 11 is 0. The van der Waals surface area contributed by atoms with E-state index in [2.05, 4.69) is 5.32 Å². The quantitative estimate of drug-likeness (QED) is 0.801. The summed E-state index contributed by atoms with van der Waals surface area (Å²) in [6, 6.07) is 0. The van der Waals surface area contributed by atoms with Gasteiger partial charge in [-0.3, -0.25) is 4.79 Å². The Morgan fingerprint density at radius 2 is 1.94 bits per heavy atom. The first-order valence-electron chi connectivity index (χ1n) is 7.23. The van der Waals surface area contributed by atoms with E-state index >= 15 is 0 Å². The standard InChI is InChI=1S/C14H25NO2/c16-14(15-11-13-7-4-10-17-13)9-8-12-5-2-1-3-6-12/h12-13H,1-11H2,(H,15,16)/t13-/m1/s1. The van der Waals surface area contributed by atoms with E-state index in [0.29, 0.717) is 13.0 Å². The van der Waals surface area contributed by atoms with Gasteiger partial charge in [-0.05, 0) is 25.2 Å². The van der Waals surface area contributed by atoms with Crippen LogP contribution in [0.2, 0.25) is 0 Å². The van der Waals surface area contributed by atoms with Crippen molar-refractivity contribution in [3.63, 3.8) is 0 Å². The number of amides is 1. The normalized spacial score (nSPS) is 26.0. The highest BCUT2D eigenvalue weighted by Gasteiger charge is 2.17. The Kier molecular flexibility index (Phi) is 5.30. The van der Waals surface area contributed by atoms with Gasteiger partial charge >= 0.3 is 0 Å². The molecule has 1 amide bonds. The monoisotopic (exact) mass is 239 g/mol. The highest BCUT2D eigenvalue weighted by Crippen LogP contribution is 2.27. The number of hydrogen-bond acceptors (Lipinski definition) is 2. The van der Waals surface area contributed by atoms with Crippen molar-refractivity contribution in [2.24, 2.45) is 5.92 Å². The maximum Gasteiger partial charge on any atom is 0.220 e. The number of carbonyl (C=O) groups is 1. The third-order valence-corrected chi connectivity index (χ3v) is 4.06. The Balaban J connectivity index is 1.53. The molecule has 0 bridgehead atoms. The topological polar surface area (TPSA) is 38.3 Å². The van der Waals surface area contributed by atoms with Crippen LogP contribution in [0, 0.1) is 5.92 Å². The van der Waals surface area contributed by atoms with Gasteiger partial charge in [0.1, 0.15) is 0 Å². The molecule has 0 unspecified atom stereocenters. The molecule has 2 fully saturated rings. The van der Waals surface area contributed by atoms with E-state index < -0.39 is 0 Å². The van der Waals surface area contributed by atoms with E-state index in [4.69, 9.17) is 4.74 Å². The molecule has 2 rings (SSSR count). The molecule has 3 nitrogen and oxygen atoms in total. The van der Waals surface area contributed by atoms with Crippen molar-refractivity contribution in [1.82, 2.24) is 5.32 Å². The van der Waals surface area contributed by atoms with Crippen molar-refractivity contribution in [2.45, 2.75) is 63.9 Å². The minimum absolute atomic E-state index is 0.214. The molecule has 1 N–H and O–H groups in total. The molecule has 1 saturated carbocycles. The van der Waals surface area contributed by atoms with Gasteiger partial charge in [0.05, 0.1) is 6.10 Å². The van der Waals surface area contributed by atoms with Crippen LogP contribution in [0.1, 0.15) is 57.8 Å². The van der Waals surface area contributed by atoms with Crippen LogP contribution in [0.15, 0.2) is 0 Å². The van der Waals surface area contributed by atoms with Crippen LogP contribution in [-0.2, 0) is 9.53 Å². The molecule has 1 saturated heterocycles. The van der Waals surface area contributed by atoms with Gasteiger partial charge in [-0.1, -0.05) is 32.1 Å². The Bertz CT molecular complexity index is 230. The minimum Gasteiger partial charge on any atom is -0.376 e. The Labute approximate surface area is 104 Å². The van der Waals surface area contributed by atoms with Crippen molar-refractivity contribution < 1.29 is 9.53 Å². The SMILES string of the molecule is O=C(CCC1CCCCC1)NC[C@H]1CCCO1. The molecule has 0 radical (unpaired) electrons. The molecule has 0 aromatic heterocycles. The van der Waals surface area contributed by atoms with Crippen molar-refractivity contribution in [3.05, 3.63) is 0 Å². The van der Waals surface area contributed by atoms with Gasteiger partial charge in [0.15, 0.2) is 0 Å². The van der Waals surface area contributed by atoms with Crippen molar-refractivity contribution in [3.8, 4) is 0 Å². The van der Waals surface area contributed by atoms with Gasteiger partial charge in [-0.15, -0.1) is 0 Å². The predicted octanol–water partition coefficient (Wildman–Crippen LogP) is 2.64. The second-order valence-electron chi connectivity index (χ2n) is 5.48. The van der Waals surface area contributed by atoms with Crippen LogP contribution in [-0.4, -0.2) is 25.2 Å². The van der Waals surface area contributed by atoms with Gasteiger partial charge in [0.25, 0.3) is 0 Å². The third kappa shape index (κ3) is 4.66. The molecular weight excluding hydrogens is 214 g/mol. The summed E-state index contributed by atoms with van der Waals surface area (Å²) in [7, 11) is 0. The van der Waals surface area contributed by atoms with Crippen LogP contribution in [0.25, 0.3) is 0 Å². The van der Waals surface area contributed by atoms with Gasteiger partial charge in [0.2, 0.25) is 5.91 Å². The summed E-state index contributed by atoms with van der Waals surface area (Å²) in [4.78, 5) is 11.7. The maximum absolute atomic E-state index is 11.7. The Morgan fingerprint density at radius 3 is 2.65 bits per heavy atom. The predicted molar refractivity (Wildman–Crippen MR) is 67.8 cm³/mol. The lowest BCUT2D eigenvalue weighted by Gasteiger charge is -2.21. The van der Waals surface area contributed by atoms with Gasteiger partial charge in [-0.25, -0.2) is 0 Å². The minimum atomic E-state index is 0.214. The summed E-state index contributed by atoms with van der Waals surface area (Å²) in [5, 5.41) is 3.00. The van der Waals surface area contributed by atoms with Gasteiger partial charge in [-0.2, -0.15) is 0 Å². The maximum atomic E-state index is 11.7. The lowest BCUT2D eigenvalue weighted by molar-refractivity contribution is -0.121. The zero-order valence-corrected chi connectivity index (χ0v) is 10.7. The molecule has 0 aromatic rings. The van der Waals surface area contributed by atoms with Crippen LogP contribution in [0.5, 0.6) is 0 Å². The lowest BCUT2D eigenvalue weighted by Crippen LogP contribution is -2.31. The third-order valence-electron chi connectivity index (χ3n) is 4.06. The number of carbonyl (C=O) groups excluding carboxylic acids is 1. The molecule has 0 spiro atoms. The number of hydrogen-bond donors (Lipinski definition) is 1. The van der Waals surface area contributed by atoms with Crippen molar-refractivity contribution >= 4 is 5.91 Å². The van der Waals surface area contributed by atoms with Crippen LogP contribution in [0.4, 0.5) is 0 Å². The molecule has 1 aliphatic heterocycles. The molecule has 0 aromatic carbocycles. The molecule has 17 heavy (non-hydrogen) atoms. The first-order valence-corrected chi connectivity index (χ1v) is 7.23. The van der Waals surface area contributed by atoms with E-state index in [1.807, 2.05) is 0 Å². The highest BCUT2D eigenvalue weighted by molar-refractivity contribution is 5.75. The van der Waals surface area contributed by atoms with Crippen molar-refractivity contribution in [2.75, 3.05) is 13.2 Å². The molecule has 1 heterocycles. The second kappa shape index (κ2) is 7.00. The first-order chi connectivity index (χ1) is 8.34. The van der Waals surface area contributed by atoms with E-state index in [1.165, 1.54) is 32.1 Å². The fourth-order valence-electron chi connectivity index (χ4n) is 2.93. The summed E-state index contributed by atoms with van der Waals surface area (Å²) < 4.78 is 5.48. The Morgan fingerprint density at radius 1 is 1.12 bits per heavy atom. The zero-order chi connectivity index (χ0) is 11.9. The van der Waals surface area contributed by atoms with E-state index in [-0.39, 0.29) is 12.0 Å². The first kappa shape index (κ1) is 12.9. The smallest absolute Gasteiger partial charge is 0.220 e. The number of ether oxygens (including phenoxy) is 1. The van der Waals surface area contributed by atoms with Gasteiger partial charge in [0, 0.05) is 19.6 Å². The molecule has 1 atom stereocenters. The second-order valence-corrected chi connectivity index (χ2v) is 5.48. The summed E-state index contributed by atoms with van der Waals surface area (Å²) in [6.45, 7) is 1.58. The van der Waals surface area contributed by atoms with E-state index in [0.717, 1.165) is 31.8 Å². The molecule has 3 heteroatoms. The molecule has 98 valence electrons. The number of rotatable bonds is 5. The highest BCUT2D eigenvalue weighted by atomic mass is 16.5. The average Bonchev–Trinajstić information content (AvgIpc) is 2.88. The van der Waals surface area contributed by atoms with Crippen molar-refractivity contribution in [1.29, 1.82) is 0 Å². The zero-order valence-electron chi connectivity index (χ0n) is 10.7. The van der Waals surface area contributed by atoms with Crippen LogP contribution in [0.3, 0.4) is 0 Å². The van der Waals surface area contributed by atoms with Gasteiger partial charge < -0.3 is 10.1 Å². The van der Waals surface area contributed by atoms with E-state index in [1.54, 1.807) is 0 Å². The fraction of sp³-hybridized carbons (Fsp3) is 0.929. The lowest BCUT2D eigenvalue weighted by atomic mass is 9.86. The fourth-order valence-corrected chi connectivity index (χ4v) is 2.93. The summed E-state index contributed by atoms with van der Waals surface area (Å²) in [5.41, 5.74) is 0. The summed E-state index contributed by atoms with van der Waals surface area (Å²) in [5.74, 6) is 1.02.